The summed E-state index contributed by atoms with van der Waals surface area (Å²) in [5, 5.41) is 0. The predicted molar refractivity (Wildman–Crippen MR) is 431 cm³/mol. The fourth-order valence-corrected chi connectivity index (χ4v) is 38.5. The second kappa shape index (κ2) is 53.8. The molecule has 0 fully saturated rings. The lowest BCUT2D eigenvalue weighted by Gasteiger charge is -2.39. The first-order valence-electron chi connectivity index (χ1n) is 35.4. The van der Waals surface area contributed by atoms with Gasteiger partial charge < -0.3 is 0 Å². The van der Waals surface area contributed by atoms with Crippen molar-refractivity contribution in [1.29, 1.82) is 0 Å². The van der Waals surface area contributed by atoms with E-state index in [0.29, 0.717) is 46.0 Å². The van der Waals surface area contributed by atoms with E-state index in [9.17, 15) is 35.0 Å². The van der Waals surface area contributed by atoms with E-state index in [-0.39, 0.29) is 0 Å². The molecule has 8 atom stereocenters. The zero-order valence-electron chi connectivity index (χ0n) is 63.7. The Bertz CT molecular complexity index is 1640. The van der Waals surface area contributed by atoms with Gasteiger partial charge in [0.25, 0.3) is 0 Å². The summed E-state index contributed by atoms with van der Waals surface area (Å²) in [7, 11) is -31.3. The van der Waals surface area contributed by atoms with Crippen molar-refractivity contribution in [2.24, 2.45) is 0 Å². The van der Waals surface area contributed by atoms with Gasteiger partial charge in [-0.15, -0.1) is 99.3 Å². The second-order valence-electron chi connectivity index (χ2n) is 25.4. The van der Waals surface area contributed by atoms with Crippen molar-refractivity contribution in [3.8, 4) is 0 Å². The molecule has 0 aliphatic heterocycles. The summed E-state index contributed by atoms with van der Waals surface area (Å²) in [6.45, 7) is 32.9. The topological polar surface area (TPSA) is 142 Å². The summed E-state index contributed by atoms with van der Waals surface area (Å²) in [6.07, 6.45) is 41.0. The molecule has 0 aromatic heterocycles. The van der Waals surface area contributed by atoms with Crippen molar-refractivity contribution in [2.45, 2.75) is 265 Å². The van der Waals surface area contributed by atoms with Gasteiger partial charge in [0.2, 0.25) is 0 Å². The van der Waals surface area contributed by atoms with Gasteiger partial charge in [0.1, 0.15) is 0 Å². The zero-order valence-corrected chi connectivity index (χ0v) is 73.9. The number of halogens is 4. The molecule has 0 radical (unpaired) electrons. The first-order valence-corrected chi connectivity index (χ1v) is 59.6. The molecule has 0 saturated heterocycles. The number of hydrogen-bond acceptors (Lipinski definition) is 12. The van der Waals surface area contributed by atoms with Crippen molar-refractivity contribution in [3.05, 3.63) is 0 Å². The summed E-state index contributed by atoms with van der Waals surface area (Å²) < 4.78 is 152. The Morgan fingerprint density at radius 3 is 0.348 bits per heavy atom. The Kier molecular flexibility index (Phi) is 59.4. The highest BCUT2D eigenvalue weighted by atomic mass is 32.3. The molecule has 0 aromatic rings. The maximum absolute atomic E-state index is 14.6. The summed E-state index contributed by atoms with van der Waals surface area (Å²) >= 11 is 0. The van der Waals surface area contributed by atoms with Gasteiger partial charge in [0.05, 0.1) is 0 Å². The van der Waals surface area contributed by atoms with Crippen LogP contribution in [0.15, 0.2) is 0 Å². The van der Waals surface area contributed by atoms with Gasteiger partial charge in [0, 0.05) is 0 Å². The molecule has 0 aromatic carbocycles. The van der Waals surface area contributed by atoms with Gasteiger partial charge in [-0.2, -0.15) is 0 Å². The normalized spacial score (nSPS) is 22.6. The first kappa shape index (κ1) is 101. The molecule has 0 rings (SSSR count). The Balaban J connectivity index is -0.000000561. The van der Waals surface area contributed by atoms with E-state index >= 15 is 0 Å². The monoisotopic (exact) mass is 1570 g/mol. The van der Waals surface area contributed by atoms with Crippen molar-refractivity contribution in [3.63, 3.8) is 0 Å². The van der Waals surface area contributed by atoms with Gasteiger partial charge in [-0.1, -0.05) is 214 Å². The van der Waals surface area contributed by atoms with Gasteiger partial charge >= 0.3 is 31.6 Å². The van der Waals surface area contributed by atoms with Crippen LogP contribution in [0.5, 0.6) is 0 Å². The molecule has 0 amide bonds. The maximum atomic E-state index is 14.6. The minimum absolute atomic E-state index is 0.710. The van der Waals surface area contributed by atoms with Crippen molar-refractivity contribution < 1.29 is 66.8 Å². The number of rotatable bonds is 56. The lowest BCUT2D eigenvalue weighted by Crippen LogP contribution is -2.13. The van der Waals surface area contributed by atoms with E-state index in [4.69, 9.17) is 31.8 Å². The number of hydrogen-bond donors (Lipinski definition) is 0. The second-order valence-corrected chi connectivity index (χ2v) is 60.4. The van der Waals surface area contributed by atoms with Crippen LogP contribution >= 0.6 is 114 Å². The van der Waals surface area contributed by atoms with E-state index in [1.807, 2.05) is 105 Å². The average Bonchev–Trinajstić information content (AvgIpc) is 0.876. The van der Waals surface area contributed by atoms with Gasteiger partial charge in [-0.25, -0.2) is 50.0 Å². The Morgan fingerprint density at radius 2 is 0.283 bits per heavy atom. The molecule has 0 bridgehead atoms. The van der Waals surface area contributed by atoms with E-state index in [0.717, 1.165) is 200 Å². The van der Waals surface area contributed by atoms with Gasteiger partial charge in [-0.05, 0) is 193 Å². The molecule has 0 heterocycles. The van der Waals surface area contributed by atoms with Crippen LogP contribution < -0.4 is 0 Å². The van der Waals surface area contributed by atoms with Gasteiger partial charge in [0.15, 0.2) is 0 Å². The Hall–Kier alpha value is 3.12. The van der Waals surface area contributed by atoms with Crippen molar-refractivity contribution in [2.75, 3.05) is 142 Å². The fourth-order valence-electron chi connectivity index (χ4n) is 8.90. The molecule has 0 aliphatic rings. The molecular formula is C64H152F4O12P4S8. The molecule has 8 unspecified atom stereocenters. The quantitative estimate of drug-likeness (QED) is 0.0325. The third kappa shape index (κ3) is 52.1. The van der Waals surface area contributed by atoms with E-state index in [1.165, 1.54) is 0 Å². The van der Waals surface area contributed by atoms with Crippen LogP contribution in [0.25, 0.3) is 0 Å². The minimum Gasteiger partial charge on any atom is -0.234 e. The molecule has 0 spiro atoms. The predicted octanol–water partition coefficient (Wildman–Crippen LogP) is 28.9. The molecule has 0 aliphatic carbocycles. The van der Waals surface area contributed by atoms with E-state index < -0.39 is 114 Å². The lowest BCUT2D eigenvalue weighted by molar-refractivity contribution is 0.364. The molecule has 28 heteroatoms. The highest BCUT2D eigenvalue weighted by Crippen LogP contribution is 2.75. The molecule has 0 saturated carbocycles. The molecule has 576 valence electrons. The summed E-state index contributed by atoms with van der Waals surface area (Å²) in [5.41, 5.74) is 0. The number of unbranched alkanes of at least 4 members (excludes halogenated alkanes) is 16. The summed E-state index contributed by atoms with van der Waals surface area (Å²) in [6, 6.07) is 0. The molecular weight excluding hydrogens is 1420 g/mol. The molecule has 92 heavy (non-hydrogen) atoms. The maximum Gasteiger partial charge on any atom is 0.532 e. The highest BCUT2D eigenvalue weighted by Gasteiger charge is 2.42. The van der Waals surface area contributed by atoms with Crippen molar-refractivity contribution in [1.82, 2.24) is 0 Å². The minimum atomic E-state index is -4.49. The van der Waals surface area contributed by atoms with Crippen LogP contribution in [0.1, 0.15) is 265 Å². The third-order valence-electron chi connectivity index (χ3n) is 16.5. The van der Waals surface area contributed by atoms with Crippen LogP contribution in [-0.4, -0.2) is 142 Å². The van der Waals surface area contributed by atoms with Crippen molar-refractivity contribution >= 4 is 114 Å². The molecule has 12 nitrogen and oxygen atoms in total. The lowest BCUT2D eigenvalue weighted by atomic mass is 10.3. The average molecular weight is 1570 g/mol. The van der Waals surface area contributed by atoms with E-state index in [2.05, 4.69) is 55.4 Å². The van der Waals surface area contributed by atoms with E-state index in [1.54, 1.807) is 0 Å². The van der Waals surface area contributed by atoms with Crippen LogP contribution in [0.2, 0.25) is 0 Å². The standard InChI is InChI=1S/4C16H38FO3PS2/c4*1-7-11-13-15-22(5,9-3)19-21(17,18)20-23(6,10-4)16-14-12-8-2/h4*7-16H2,1-6H3. The Labute approximate surface area is 583 Å². The first-order chi connectivity index (χ1) is 42.6. The zero-order chi connectivity index (χ0) is 71.9. The smallest absolute Gasteiger partial charge is 0.234 e. The summed E-state index contributed by atoms with van der Waals surface area (Å²) in [4.78, 5) is 0. The SMILES string of the molecule is CCCCCS(C)(CC)OP(=O)(F)OS(C)(CC)CCCCC.CCCCCS(C)(CC)OP(=O)(F)OS(C)(CC)CCCCC.CCCCCS(C)(CC)OP(=O)(F)OS(C)(CC)CCCCC.CCCCCS(C)(CC)OP(=O)(F)OS(C)(CC)CCCCC. The molecule has 0 N–H and O–H groups in total. The Morgan fingerprint density at radius 1 is 0.196 bits per heavy atom. The summed E-state index contributed by atoms with van der Waals surface area (Å²) in [5.74, 6) is 12.0. The van der Waals surface area contributed by atoms with Crippen LogP contribution in [0, 0.1) is 0 Å². The third-order valence-corrected chi connectivity index (χ3v) is 52.7. The fraction of sp³-hybridized carbons (Fsp3) is 1.00. The van der Waals surface area contributed by atoms with Crippen LogP contribution in [0.4, 0.5) is 16.8 Å². The van der Waals surface area contributed by atoms with Gasteiger partial charge in [-0.3, -0.25) is 0 Å². The highest BCUT2D eigenvalue weighted by molar-refractivity contribution is 8.35. The van der Waals surface area contributed by atoms with Crippen LogP contribution in [-0.2, 0) is 50.0 Å². The van der Waals surface area contributed by atoms with Crippen LogP contribution in [0.3, 0.4) is 0 Å². The largest absolute Gasteiger partial charge is 0.532 e.